The molecule has 0 radical (unpaired) electrons. The van der Waals surface area contributed by atoms with Crippen LogP contribution < -0.4 is 15.0 Å². The van der Waals surface area contributed by atoms with Gasteiger partial charge in [-0.1, -0.05) is 62.6 Å². The number of benzene rings is 4. The molecule has 1 spiro atoms. The van der Waals surface area contributed by atoms with Gasteiger partial charge in [0.2, 0.25) is 0 Å². The molecule has 39 heavy (non-hydrogen) atoms. The molecule has 1 N–H and O–H groups in total. The van der Waals surface area contributed by atoms with E-state index in [1.165, 1.54) is 19.3 Å². The third kappa shape index (κ3) is 4.42. The molecule has 0 amide bonds. The van der Waals surface area contributed by atoms with Gasteiger partial charge in [-0.3, -0.25) is 0 Å². The molecule has 2 aliphatic rings. The van der Waals surface area contributed by atoms with Crippen molar-refractivity contribution in [2.75, 3.05) is 23.3 Å². The van der Waals surface area contributed by atoms with Gasteiger partial charge in [-0.05, 0) is 61.9 Å². The van der Waals surface area contributed by atoms with Gasteiger partial charge in [-0.2, -0.15) is 0 Å². The molecule has 5 heteroatoms. The molecule has 0 saturated heterocycles. The number of hydrogen-bond donors (Lipinski definition) is 1. The van der Waals surface area contributed by atoms with Gasteiger partial charge >= 0.3 is 5.97 Å². The molecule has 0 aromatic heterocycles. The van der Waals surface area contributed by atoms with Crippen LogP contribution in [0.5, 0.6) is 11.5 Å². The van der Waals surface area contributed by atoms with E-state index in [0.717, 1.165) is 59.0 Å². The fraction of sp³-hybridized carbons (Fsp3) is 0.265. The molecule has 2 aliphatic heterocycles. The van der Waals surface area contributed by atoms with Crippen molar-refractivity contribution in [3.8, 4) is 11.5 Å². The summed E-state index contributed by atoms with van der Waals surface area (Å²) in [6, 6.07) is 30.1. The largest absolute Gasteiger partial charge is 0.456 e. The number of carbonyl (C=O) groups excluding carboxylic acids is 1. The molecule has 1 atom stereocenters. The summed E-state index contributed by atoms with van der Waals surface area (Å²) in [5, 5.41) is 3.48. The number of anilines is 3. The Hall–Kier alpha value is -4.25. The van der Waals surface area contributed by atoms with Crippen LogP contribution in [0.1, 0.15) is 66.6 Å². The zero-order chi connectivity index (χ0) is 26.8. The second kappa shape index (κ2) is 10.5. The minimum absolute atomic E-state index is 0.319. The topological polar surface area (TPSA) is 50.8 Å². The Balaban J connectivity index is 1.45. The summed E-state index contributed by atoms with van der Waals surface area (Å²) in [5.41, 5.74) is 5.01. The maximum absolute atomic E-state index is 13.2. The molecular formula is C34H34N2O3. The first-order chi connectivity index (χ1) is 19.1. The number of esters is 1. The summed E-state index contributed by atoms with van der Waals surface area (Å²) in [6.07, 6.45) is 4.88. The van der Waals surface area contributed by atoms with Crippen LogP contribution in [-0.2, 0) is 10.3 Å². The summed E-state index contributed by atoms with van der Waals surface area (Å²) in [7, 11) is 0. The van der Waals surface area contributed by atoms with E-state index in [9.17, 15) is 4.79 Å². The normalized spacial score (nSPS) is 16.6. The predicted molar refractivity (Wildman–Crippen MR) is 156 cm³/mol. The van der Waals surface area contributed by atoms with E-state index < -0.39 is 5.60 Å². The lowest BCUT2D eigenvalue weighted by Gasteiger charge is -2.37. The highest BCUT2D eigenvalue weighted by atomic mass is 16.6. The first-order valence-electron chi connectivity index (χ1n) is 14.0. The molecule has 0 bridgehead atoms. The van der Waals surface area contributed by atoms with Gasteiger partial charge in [0.15, 0.2) is 5.60 Å². The summed E-state index contributed by atoms with van der Waals surface area (Å²) >= 11 is 0. The highest BCUT2D eigenvalue weighted by Crippen LogP contribution is 2.57. The number of para-hydroxylation sites is 1. The number of ether oxygens (including phenoxy) is 2. The fourth-order valence-electron chi connectivity index (χ4n) is 5.82. The molecule has 0 aliphatic carbocycles. The van der Waals surface area contributed by atoms with Crippen molar-refractivity contribution in [2.45, 2.75) is 45.1 Å². The number of unbranched alkanes of at least 4 members (excludes halogenated alkanes) is 3. The van der Waals surface area contributed by atoms with E-state index in [1.54, 1.807) is 0 Å². The molecule has 198 valence electrons. The first kappa shape index (κ1) is 25.1. The van der Waals surface area contributed by atoms with E-state index >= 15 is 0 Å². The lowest BCUT2D eigenvalue weighted by atomic mass is 9.77. The summed E-state index contributed by atoms with van der Waals surface area (Å²) < 4.78 is 12.9. The average molecular weight is 519 g/mol. The highest BCUT2D eigenvalue weighted by molar-refractivity contribution is 5.97. The number of rotatable bonds is 9. The molecule has 4 aromatic carbocycles. The van der Waals surface area contributed by atoms with Crippen molar-refractivity contribution in [1.29, 1.82) is 0 Å². The van der Waals surface area contributed by atoms with Crippen LogP contribution in [0.4, 0.5) is 17.1 Å². The van der Waals surface area contributed by atoms with Crippen molar-refractivity contribution >= 4 is 23.0 Å². The zero-order valence-electron chi connectivity index (χ0n) is 22.6. The van der Waals surface area contributed by atoms with Gasteiger partial charge in [-0.15, -0.1) is 0 Å². The molecule has 0 saturated carbocycles. The molecule has 1 unspecified atom stereocenters. The van der Waals surface area contributed by atoms with Crippen molar-refractivity contribution in [3.05, 3.63) is 113 Å². The van der Waals surface area contributed by atoms with E-state index in [-0.39, 0.29) is 5.97 Å². The Kier molecular flexibility index (Phi) is 6.74. The van der Waals surface area contributed by atoms with Crippen molar-refractivity contribution in [1.82, 2.24) is 0 Å². The van der Waals surface area contributed by atoms with Crippen LogP contribution in [0.25, 0.3) is 0 Å². The third-order valence-corrected chi connectivity index (χ3v) is 7.79. The lowest BCUT2D eigenvalue weighted by Crippen LogP contribution is -2.33. The summed E-state index contributed by atoms with van der Waals surface area (Å²) in [4.78, 5) is 15.6. The smallest absolute Gasteiger partial charge is 0.340 e. The predicted octanol–water partition coefficient (Wildman–Crippen LogP) is 8.40. The molecule has 5 nitrogen and oxygen atoms in total. The van der Waals surface area contributed by atoms with Gasteiger partial charge in [0.25, 0.3) is 0 Å². The van der Waals surface area contributed by atoms with E-state index in [0.29, 0.717) is 11.3 Å². The van der Waals surface area contributed by atoms with Crippen molar-refractivity contribution < 1.29 is 14.3 Å². The van der Waals surface area contributed by atoms with E-state index in [4.69, 9.17) is 9.47 Å². The lowest BCUT2D eigenvalue weighted by molar-refractivity contribution is 0.0224. The monoisotopic (exact) mass is 518 g/mol. The van der Waals surface area contributed by atoms with Gasteiger partial charge in [0, 0.05) is 52.9 Å². The Morgan fingerprint density at radius 3 is 2.38 bits per heavy atom. The van der Waals surface area contributed by atoms with Gasteiger partial charge < -0.3 is 19.7 Å². The van der Waals surface area contributed by atoms with Crippen LogP contribution in [0, 0.1) is 0 Å². The maximum atomic E-state index is 13.2. The van der Waals surface area contributed by atoms with Crippen LogP contribution in [0.2, 0.25) is 0 Å². The number of carbonyl (C=O) groups is 1. The van der Waals surface area contributed by atoms with E-state index in [2.05, 4.69) is 42.3 Å². The Labute approximate surface area is 230 Å². The number of nitrogens with zero attached hydrogens (tertiary/aromatic N) is 1. The Bertz CT molecular complexity index is 1500. The van der Waals surface area contributed by atoms with Crippen molar-refractivity contribution in [3.63, 3.8) is 0 Å². The van der Waals surface area contributed by atoms with Gasteiger partial charge in [-0.25, -0.2) is 4.79 Å². The zero-order valence-corrected chi connectivity index (χ0v) is 22.6. The van der Waals surface area contributed by atoms with Crippen LogP contribution in [-0.4, -0.2) is 19.1 Å². The Morgan fingerprint density at radius 2 is 1.56 bits per heavy atom. The van der Waals surface area contributed by atoms with E-state index in [1.807, 2.05) is 72.8 Å². The molecule has 2 heterocycles. The SMILES string of the molecule is CCCCCCN(CC)c1ccc2c(c1)Oc1ccc(Nc3ccccc3)cc1C21OC(=O)c2ccccc21. The van der Waals surface area contributed by atoms with Crippen molar-refractivity contribution in [2.24, 2.45) is 0 Å². The summed E-state index contributed by atoms with van der Waals surface area (Å²) in [6.45, 7) is 6.34. The second-order valence-electron chi connectivity index (χ2n) is 10.2. The van der Waals surface area contributed by atoms with Crippen LogP contribution >= 0.6 is 0 Å². The number of hydrogen-bond acceptors (Lipinski definition) is 5. The molecule has 0 fully saturated rings. The Morgan fingerprint density at radius 1 is 0.744 bits per heavy atom. The third-order valence-electron chi connectivity index (χ3n) is 7.79. The quantitative estimate of drug-likeness (QED) is 0.178. The number of fused-ring (bicyclic) bond motifs is 6. The standard InChI is InChI=1S/C34H34N2O3/c1-3-5-6-12-21-36(4-2)26-18-19-29-32(23-26)38-31-20-17-25(35-24-13-8-7-9-14-24)22-30(31)34(29)28-16-11-10-15-27(28)33(37)39-34/h7-11,13-20,22-23,35H,3-6,12,21H2,1-2H3. The maximum Gasteiger partial charge on any atom is 0.340 e. The van der Waals surface area contributed by atoms with Gasteiger partial charge in [0.1, 0.15) is 11.5 Å². The minimum atomic E-state index is -1.08. The molecule has 6 rings (SSSR count). The van der Waals surface area contributed by atoms with Gasteiger partial charge in [0.05, 0.1) is 5.56 Å². The minimum Gasteiger partial charge on any atom is -0.456 e. The van der Waals surface area contributed by atoms with Crippen LogP contribution in [0.3, 0.4) is 0 Å². The highest BCUT2D eigenvalue weighted by Gasteiger charge is 2.53. The molecule has 4 aromatic rings. The molecular weight excluding hydrogens is 484 g/mol. The van der Waals surface area contributed by atoms with Crippen LogP contribution in [0.15, 0.2) is 91.0 Å². The average Bonchev–Trinajstić information content (AvgIpc) is 3.26. The number of nitrogens with one attached hydrogen (secondary N) is 1. The fourth-order valence-corrected chi connectivity index (χ4v) is 5.82. The second-order valence-corrected chi connectivity index (χ2v) is 10.2. The first-order valence-corrected chi connectivity index (χ1v) is 14.0. The summed E-state index contributed by atoms with van der Waals surface area (Å²) in [5.74, 6) is 1.09.